The van der Waals surface area contributed by atoms with E-state index < -0.39 is 17.9 Å². The Morgan fingerprint density at radius 2 is 2.11 bits per heavy atom. The lowest BCUT2D eigenvalue weighted by molar-refractivity contribution is -0.139. The Balaban J connectivity index is 2.73. The van der Waals surface area contributed by atoms with Crippen LogP contribution in [0.4, 0.5) is 0 Å². The average Bonchev–Trinajstić information content (AvgIpc) is 2.42. The van der Waals surface area contributed by atoms with Crippen LogP contribution in [0.25, 0.3) is 0 Å². The van der Waals surface area contributed by atoms with Crippen molar-refractivity contribution in [3.8, 4) is 5.75 Å². The topological polar surface area (TPSA) is 75.6 Å². The summed E-state index contributed by atoms with van der Waals surface area (Å²) in [5.41, 5.74) is 0.397. The summed E-state index contributed by atoms with van der Waals surface area (Å²) in [5, 5.41) is 11.4. The van der Waals surface area contributed by atoms with Crippen molar-refractivity contribution in [3.05, 3.63) is 29.8 Å². The first kappa shape index (κ1) is 15.0. The van der Waals surface area contributed by atoms with Gasteiger partial charge in [0.2, 0.25) is 0 Å². The Morgan fingerprint density at radius 1 is 1.37 bits per heavy atom. The molecule has 5 nitrogen and oxygen atoms in total. The molecule has 104 valence electrons. The van der Waals surface area contributed by atoms with Crippen molar-refractivity contribution in [2.75, 3.05) is 6.61 Å². The molecule has 0 spiro atoms. The van der Waals surface area contributed by atoms with Crippen molar-refractivity contribution in [1.29, 1.82) is 0 Å². The van der Waals surface area contributed by atoms with Crippen molar-refractivity contribution in [2.24, 2.45) is 0 Å². The van der Waals surface area contributed by atoms with Gasteiger partial charge in [-0.3, -0.25) is 4.79 Å². The van der Waals surface area contributed by atoms with E-state index in [0.717, 1.165) is 6.42 Å². The first-order valence-corrected chi connectivity index (χ1v) is 6.35. The monoisotopic (exact) mass is 265 g/mol. The maximum Gasteiger partial charge on any atom is 0.326 e. The van der Waals surface area contributed by atoms with E-state index in [1.807, 2.05) is 6.92 Å². The van der Waals surface area contributed by atoms with Crippen LogP contribution in [0.3, 0.4) is 0 Å². The third kappa shape index (κ3) is 4.62. The number of aliphatic carboxylic acids is 1. The lowest BCUT2D eigenvalue weighted by Gasteiger charge is -2.12. The first-order valence-electron chi connectivity index (χ1n) is 6.35. The van der Waals surface area contributed by atoms with E-state index in [0.29, 0.717) is 24.3 Å². The lowest BCUT2D eigenvalue weighted by atomic mass is 10.1. The average molecular weight is 265 g/mol. The van der Waals surface area contributed by atoms with Crippen LogP contribution in [0, 0.1) is 0 Å². The van der Waals surface area contributed by atoms with Gasteiger partial charge in [-0.2, -0.15) is 0 Å². The third-order valence-electron chi connectivity index (χ3n) is 2.58. The predicted octanol–water partition coefficient (Wildman–Crippen LogP) is 2.07. The Hall–Kier alpha value is -2.04. The molecule has 1 atom stereocenters. The number of nitrogens with one attached hydrogen (secondary N) is 1. The minimum absolute atomic E-state index is 0.340. The largest absolute Gasteiger partial charge is 0.494 e. The summed E-state index contributed by atoms with van der Waals surface area (Å²) in [7, 11) is 0. The second-order valence-corrected chi connectivity index (χ2v) is 4.15. The highest BCUT2D eigenvalue weighted by Gasteiger charge is 2.18. The highest BCUT2D eigenvalue weighted by molar-refractivity contribution is 5.96. The molecule has 19 heavy (non-hydrogen) atoms. The van der Waals surface area contributed by atoms with E-state index in [9.17, 15) is 9.59 Å². The second kappa shape index (κ2) is 7.41. The Bertz CT molecular complexity index is 445. The first-order chi connectivity index (χ1) is 9.08. The minimum Gasteiger partial charge on any atom is -0.494 e. The lowest BCUT2D eigenvalue weighted by Crippen LogP contribution is -2.40. The molecule has 5 heteroatoms. The predicted molar refractivity (Wildman–Crippen MR) is 71.4 cm³/mol. The van der Waals surface area contributed by atoms with Crippen molar-refractivity contribution >= 4 is 11.9 Å². The number of carbonyl (C=O) groups is 2. The van der Waals surface area contributed by atoms with E-state index >= 15 is 0 Å². The van der Waals surface area contributed by atoms with Gasteiger partial charge >= 0.3 is 5.97 Å². The smallest absolute Gasteiger partial charge is 0.326 e. The zero-order valence-corrected chi connectivity index (χ0v) is 11.2. The molecule has 0 aromatic heterocycles. The van der Waals surface area contributed by atoms with Crippen LogP contribution < -0.4 is 10.1 Å². The number of carbonyl (C=O) groups excluding carboxylic acids is 1. The van der Waals surface area contributed by atoms with Crippen LogP contribution in [0.15, 0.2) is 24.3 Å². The van der Waals surface area contributed by atoms with Gasteiger partial charge in [0.1, 0.15) is 11.8 Å². The van der Waals surface area contributed by atoms with E-state index in [1.54, 1.807) is 31.2 Å². The summed E-state index contributed by atoms with van der Waals surface area (Å²) in [6, 6.07) is 5.85. The number of benzene rings is 1. The van der Waals surface area contributed by atoms with Crippen molar-refractivity contribution < 1.29 is 19.4 Å². The van der Waals surface area contributed by atoms with Crippen LogP contribution >= 0.6 is 0 Å². The van der Waals surface area contributed by atoms with Gasteiger partial charge in [-0.25, -0.2) is 4.79 Å². The summed E-state index contributed by atoms with van der Waals surface area (Å²) in [6.45, 7) is 4.28. The molecule has 1 aromatic carbocycles. The minimum atomic E-state index is -1.03. The number of hydrogen-bond acceptors (Lipinski definition) is 3. The Labute approximate surface area is 112 Å². The molecule has 0 radical (unpaired) electrons. The summed E-state index contributed by atoms with van der Waals surface area (Å²) in [6.07, 6.45) is 1.22. The van der Waals surface area contributed by atoms with Crippen molar-refractivity contribution in [2.45, 2.75) is 32.7 Å². The van der Waals surface area contributed by atoms with Gasteiger partial charge in [0.05, 0.1) is 6.61 Å². The maximum absolute atomic E-state index is 11.9. The number of carboxylic acids is 1. The molecule has 0 saturated carbocycles. The van der Waals surface area contributed by atoms with Gasteiger partial charge in [0.15, 0.2) is 0 Å². The van der Waals surface area contributed by atoms with Crippen molar-refractivity contribution in [1.82, 2.24) is 5.32 Å². The number of ether oxygens (including phenoxy) is 1. The molecule has 0 unspecified atom stereocenters. The SMILES string of the molecule is CCCOc1cccc(C(=O)N[C@@H](CC)C(=O)O)c1. The van der Waals surface area contributed by atoms with Crippen LogP contribution in [0.1, 0.15) is 37.0 Å². The zero-order chi connectivity index (χ0) is 14.3. The molecule has 1 aromatic rings. The Morgan fingerprint density at radius 3 is 2.68 bits per heavy atom. The molecular formula is C14H19NO4. The van der Waals surface area contributed by atoms with Gasteiger partial charge in [-0.1, -0.05) is 19.9 Å². The molecule has 1 rings (SSSR count). The van der Waals surface area contributed by atoms with Gasteiger partial charge in [0.25, 0.3) is 5.91 Å². The molecule has 1 amide bonds. The fraction of sp³-hybridized carbons (Fsp3) is 0.429. The molecule has 0 saturated heterocycles. The highest BCUT2D eigenvalue weighted by Crippen LogP contribution is 2.13. The van der Waals surface area contributed by atoms with Crippen LogP contribution in [-0.4, -0.2) is 29.6 Å². The van der Waals surface area contributed by atoms with Gasteiger partial charge in [0, 0.05) is 5.56 Å². The highest BCUT2D eigenvalue weighted by atomic mass is 16.5. The summed E-state index contributed by atoms with van der Waals surface area (Å²) < 4.78 is 5.43. The molecule has 0 bridgehead atoms. The summed E-state index contributed by atoms with van der Waals surface area (Å²) in [5.74, 6) is -0.830. The van der Waals surface area contributed by atoms with Crippen LogP contribution in [0.2, 0.25) is 0 Å². The fourth-order valence-corrected chi connectivity index (χ4v) is 1.53. The summed E-state index contributed by atoms with van der Waals surface area (Å²) >= 11 is 0. The molecular weight excluding hydrogens is 246 g/mol. The number of amides is 1. The molecule has 0 fully saturated rings. The molecule has 0 aliphatic carbocycles. The van der Waals surface area contributed by atoms with E-state index in [-0.39, 0.29) is 0 Å². The van der Waals surface area contributed by atoms with Gasteiger partial charge in [-0.05, 0) is 31.0 Å². The maximum atomic E-state index is 11.9. The second-order valence-electron chi connectivity index (χ2n) is 4.15. The third-order valence-corrected chi connectivity index (χ3v) is 2.58. The fourth-order valence-electron chi connectivity index (χ4n) is 1.53. The van der Waals surface area contributed by atoms with Crippen LogP contribution in [-0.2, 0) is 4.79 Å². The molecule has 0 aliphatic heterocycles. The van der Waals surface area contributed by atoms with Gasteiger partial charge < -0.3 is 15.2 Å². The quantitative estimate of drug-likeness (QED) is 0.791. The molecule has 0 aliphatic rings. The normalized spacial score (nSPS) is 11.7. The standard InChI is InChI=1S/C14H19NO4/c1-3-8-19-11-7-5-6-10(9-11)13(16)15-12(4-2)14(17)18/h5-7,9,12H,3-4,8H2,1-2H3,(H,15,16)(H,17,18)/t12-/m0/s1. The van der Waals surface area contributed by atoms with E-state index in [1.165, 1.54) is 0 Å². The number of carboxylic acid groups (broad SMARTS) is 1. The number of rotatable bonds is 7. The molecule has 2 N–H and O–H groups in total. The van der Waals surface area contributed by atoms with E-state index in [4.69, 9.17) is 9.84 Å². The zero-order valence-electron chi connectivity index (χ0n) is 11.2. The van der Waals surface area contributed by atoms with Crippen LogP contribution in [0.5, 0.6) is 5.75 Å². The summed E-state index contributed by atoms with van der Waals surface area (Å²) in [4.78, 5) is 22.8. The molecule has 0 heterocycles. The van der Waals surface area contributed by atoms with Gasteiger partial charge in [-0.15, -0.1) is 0 Å². The Kier molecular flexibility index (Phi) is 5.85. The van der Waals surface area contributed by atoms with Crippen molar-refractivity contribution in [3.63, 3.8) is 0 Å². The van der Waals surface area contributed by atoms with E-state index in [2.05, 4.69) is 5.32 Å². The number of hydrogen-bond donors (Lipinski definition) is 2.